The molecule has 0 atom stereocenters. The topological polar surface area (TPSA) is 39.2 Å². The number of Topliss-reactive ketones (excluding diaryl/α,β-unsaturated/α-hetero) is 1. The molecule has 0 radical (unpaired) electrons. The molecule has 0 spiro atoms. The predicted octanol–water partition coefficient (Wildman–Crippen LogP) is 3.83. The second-order valence-electron chi connectivity index (χ2n) is 4.31. The fourth-order valence-corrected chi connectivity index (χ4v) is 1.89. The van der Waals surface area contributed by atoms with E-state index in [2.05, 4.69) is 4.98 Å². The molecule has 0 N–H and O–H groups in total. The lowest BCUT2D eigenvalue weighted by Gasteiger charge is -2.11. The van der Waals surface area contributed by atoms with Crippen LogP contribution >= 0.6 is 11.6 Å². The molecular formula is C15H14ClNO2. The largest absolute Gasteiger partial charge is 0.488 e. The summed E-state index contributed by atoms with van der Waals surface area (Å²) in [4.78, 5) is 15.5. The quantitative estimate of drug-likeness (QED) is 0.796. The van der Waals surface area contributed by atoms with Gasteiger partial charge in [-0.2, -0.15) is 0 Å². The van der Waals surface area contributed by atoms with Crippen molar-refractivity contribution in [2.24, 2.45) is 0 Å². The third kappa shape index (κ3) is 3.32. The molecule has 2 rings (SSSR count). The molecule has 0 aliphatic rings. The van der Waals surface area contributed by atoms with Crippen LogP contribution in [0.4, 0.5) is 0 Å². The summed E-state index contributed by atoms with van der Waals surface area (Å²) in [5.41, 5.74) is 2.46. The molecule has 2 aromatic rings. The van der Waals surface area contributed by atoms with E-state index in [1.54, 1.807) is 24.5 Å². The van der Waals surface area contributed by atoms with Crippen molar-refractivity contribution >= 4 is 17.4 Å². The molecule has 0 bridgehead atoms. The van der Waals surface area contributed by atoms with E-state index in [-0.39, 0.29) is 5.78 Å². The minimum Gasteiger partial charge on any atom is -0.488 e. The number of hydrogen-bond acceptors (Lipinski definition) is 3. The summed E-state index contributed by atoms with van der Waals surface area (Å²) in [6.45, 7) is 3.79. The van der Waals surface area contributed by atoms with Crippen molar-refractivity contribution in [1.82, 2.24) is 4.98 Å². The number of ether oxygens (including phenoxy) is 1. The first-order valence-electron chi connectivity index (χ1n) is 5.90. The van der Waals surface area contributed by atoms with Gasteiger partial charge in [0.05, 0.1) is 10.6 Å². The zero-order valence-corrected chi connectivity index (χ0v) is 11.6. The Morgan fingerprint density at radius 3 is 2.84 bits per heavy atom. The highest BCUT2D eigenvalue weighted by atomic mass is 35.5. The van der Waals surface area contributed by atoms with Crippen LogP contribution in [0, 0.1) is 6.92 Å². The SMILES string of the molecule is CC(=O)c1ccc(C)cc1OCc1ccncc1Cl. The number of rotatable bonds is 4. The molecule has 4 heteroatoms. The fraction of sp³-hybridized carbons (Fsp3) is 0.200. The highest BCUT2D eigenvalue weighted by Crippen LogP contribution is 2.23. The van der Waals surface area contributed by atoms with E-state index < -0.39 is 0 Å². The maximum absolute atomic E-state index is 11.5. The molecular weight excluding hydrogens is 262 g/mol. The minimum atomic E-state index is -0.0178. The molecule has 98 valence electrons. The average Bonchev–Trinajstić information content (AvgIpc) is 2.37. The van der Waals surface area contributed by atoms with Crippen molar-refractivity contribution in [3.63, 3.8) is 0 Å². The lowest BCUT2D eigenvalue weighted by molar-refractivity contribution is 0.101. The predicted molar refractivity (Wildman–Crippen MR) is 74.8 cm³/mol. The molecule has 3 nitrogen and oxygen atoms in total. The van der Waals surface area contributed by atoms with Gasteiger partial charge in [-0.3, -0.25) is 9.78 Å². The van der Waals surface area contributed by atoms with Crippen LogP contribution in [0.3, 0.4) is 0 Å². The Labute approximate surface area is 117 Å². The second-order valence-corrected chi connectivity index (χ2v) is 4.72. The number of nitrogens with zero attached hydrogens (tertiary/aromatic N) is 1. The highest BCUT2D eigenvalue weighted by molar-refractivity contribution is 6.31. The molecule has 19 heavy (non-hydrogen) atoms. The van der Waals surface area contributed by atoms with Crippen LogP contribution in [0.5, 0.6) is 5.75 Å². The van der Waals surface area contributed by atoms with E-state index in [1.807, 2.05) is 19.1 Å². The van der Waals surface area contributed by atoms with Gasteiger partial charge in [0.25, 0.3) is 0 Å². The summed E-state index contributed by atoms with van der Waals surface area (Å²) in [5.74, 6) is 0.566. The Morgan fingerprint density at radius 1 is 1.37 bits per heavy atom. The molecule has 1 heterocycles. The first kappa shape index (κ1) is 13.6. The number of carbonyl (C=O) groups is 1. The number of halogens is 1. The van der Waals surface area contributed by atoms with E-state index in [0.29, 0.717) is 22.9 Å². The summed E-state index contributed by atoms with van der Waals surface area (Å²) in [6.07, 6.45) is 3.23. The molecule has 0 amide bonds. The molecule has 0 aliphatic carbocycles. The highest BCUT2D eigenvalue weighted by Gasteiger charge is 2.09. The van der Waals surface area contributed by atoms with Crippen LogP contribution in [0.2, 0.25) is 5.02 Å². The van der Waals surface area contributed by atoms with Gasteiger partial charge in [-0.1, -0.05) is 17.7 Å². The fourth-order valence-electron chi connectivity index (χ4n) is 1.72. The Hall–Kier alpha value is -1.87. The average molecular weight is 276 g/mol. The number of aryl methyl sites for hydroxylation is 1. The van der Waals surface area contributed by atoms with E-state index in [1.165, 1.54) is 6.92 Å². The van der Waals surface area contributed by atoms with Gasteiger partial charge >= 0.3 is 0 Å². The number of hydrogen-bond donors (Lipinski definition) is 0. The number of carbonyl (C=O) groups excluding carboxylic acids is 1. The third-order valence-electron chi connectivity index (χ3n) is 2.76. The van der Waals surface area contributed by atoms with Gasteiger partial charge in [-0.05, 0) is 37.6 Å². The lowest BCUT2D eigenvalue weighted by atomic mass is 10.1. The van der Waals surface area contributed by atoms with Crippen LogP contribution in [0.15, 0.2) is 36.7 Å². The van der Waals surface area contributed by atoms with E-state index in [0.717, 1.165) is 11.1 Å². The molecule has 0 saturated carbocycles. The number of aromatic nitrogens is 1. The van der Waals surface area contributed by atoms with E-state index >= 15 is 0 Å². The molecule has 0 aliphatic heterocycles. The van der Waals surface area contributed by atoms with Gasteiger partial charge in [-0.15, -0.1) is 0 Å². The van der Waals surface area contributed by atoms with Crippen LogP contribution < -0.4 is 4.74 Å². The Bertz CT molecular complexity index is 611. The number of benzene rings is 1. The zero-order chi connectivity index (χ0) is 13.8. The lowest BCUT2D eigenvalue weighted by Crippen LogP contribution is -2.02. The summed E-state index contributed by atoms with van der Waals surface area (Å²) in [7, 11) is 0. The molecule has 0 unspecified atom stereocenters. The molecule has 1 aromatic heterocycles. The third-order valence-corrected chi connectivity index (χ3v) is 3.10. The maximum Gasteiger partial charge on any atom is 0.163 e. The smallest absolute Gasteiger partial charge is 0.163 e. The second kappa shape index (κ2) is 5.85. The standard InChI is InChI=1S/C15H14ClNO2/c1-10-3-4-13(11(2)18)15(7-10)19-9-12-5-6-17-8-14(12)16/h3-8H,9H2,1-2H3. The number of pyridine rings is 1. The zero-order valence-electron chi connectivity index (χ0n) is 10.8. The molecule has 0 saturated heterocycles. The summed E-state index contributed by atoms with van der Waals surface area (Å²) >= 11 is 6.01. The number of ketones is 1. The van der Waals surface area contributed by atoms with Crippen molar-refractivity contribution < 1.29 is 9.53 Å². The van der Waals surface area contributed by atoms with Crippen molar-refractivity contribution in [2.45, 2.75) is 20.5 Å². The van der Waals surface area contributed by atoms with Gasteiger partial charge in [0, 0.05) is 18.0 Å². The van der Waals surface area contributed by atoms with Crippen molar-refractivity contribution in [3.8, 4) is 5.75 Å². The van der Waals surface area contributed by atoms with Crippen LogP contribution in [0.1, 0.15) is 28.4 Å². The van der Waals surface area contributed by atoms with E-state index in [9.17, 15) is 4.79 Å². The first-order chi connectivity index (χ1) is 9.08. The minimum absolute atomic E-state index is 0.0178. The summed E-state index contributed by atoms with van der Waals surface area (Å²) in [5, 5.41) is 0.555. The Kier molecular flexibility index (Phi) is 4.17. The Morgan fingerprint density at radius 2 is 2.16 bits per heavy atom. The van der Waals surface area contributed by atoms with Gasteiger partial charge in [-0.25, -0.2) is 0 Å². The van der Waals surface area contributed by atoms with Crippen LogP contribution in [-0.2, 0) is 6.61 Å². The van der Waals surface area contributed by atoms with Gasteiger partial charge in [0.1, 0.15) is 12.4 Å². The normalized spacial score (nSPS) is 10.3. The summed E-state index contributed by atoms with van der Waals surface area (Å²) < 4.78 is 5.71. The maximum atomic E-state index is 11.5. The molecule has 1 aromatic carbocycles. The van der Waals surface area contributed by atoms with Gasteiger partial charge in [0.15, 0.2) is 5.78 Å². The van der Waals surface area contributed by atoms with Crippen molar-refractivity contribution in [3.05, 3.63) is 58.4 Å². The summed E-state index contributed by atoms with van der Waals surface area (Å²) in [6, 6.07) is 7.32. The molecule has 0 fully saturated rings. The Balaban J connectivity index is 2.22. The monoisotopic (exact) mass is 275 g/mol. The van der Waals surface area contributed by atoms with Crippen molar-refractivity contribution in [1.29, 1.82) is 0 Å². The first-order valence-corrected chi connectivity index (χ1v) is 6.28. The van der Waals surface area contributed by atoms with Gasteiger partial charge < -0.3 is 4.74 Å². The van der Waals surface area contributed by atoms with E-state index in [4.69, 9.17) is 16.3 Å². The van der Waals surface area contributed by atoms with Crippen molar-refractivity contribution in [2.75, 3.05) is 0 Å². The van der Waals surface area contributed by atoms with Gasteiger partial charge in [0.2, 0.25) is 0 Å². The van der Waals surface area contributed by atoms with Crippen LogP contribution in [-0.4, -0.2) is 10.8 Å². The van der Waals surface area contributed by atoms with Crippen LogP contribution in [0.25, 0.3) is 0 Å².